The van der Waals surface area contributed by atoms with E-state index in [0.29, 0.717) is 5.02 Å². The quantitative estimate of drug-likeness (QED) is 0.643. The lowest BCUT2D eigenvalue weighted by Crippen LogP contribution is -1.95. The SMILES string of the molecule is CNc1ccc(Cc2ccc(OC)c(-c3cccc(Cl)c3)c2)cn1.Cl. The average molecular weight is 375 g/mol. The minimum atomic E-state index is 0. The molecule has 0 unspecified atom stereocenters. The molecule has 0 saturated carbocycles. The number of anilines is 1. The molecule has 0 atom stereocenters. The molecule has 0 bridgehead atoms. The molecule has 0 aliphatic carbocycles. The third-order valence-electron chi connectivity index (χ3n) is 3.89. The van der Waals surface area contributed by atoms with Crippen LogP contribution in [0.5, 0.6) is 5.75 Å². The first-order valence-electron chi connectivity index (χ1n) is 7.75. The Hall–Kier alpha value is -2.23. The van der Waals surface area contributed by atoms with E-state index in [1.165, 1.54) is 5.56 Å². The van der Waals surface area contributed by atoms with Gasteiger partial charge in [-0.05, 0) is 53.4 Å². The van der Waals surface area contributed by atoms with Gasteiger partial charge in [0.05, 0.1) is 7.11 Å². The van der Waals surface area contributed by atoms with Gasteiger partial charge in [0.25, 0.3) is 0 Å². The topological polar surface area (TPSA) is 34.1 Å². The summed E-state index contributed by atoms with van der Waals surface area (Å²) < 4.78 is 5.51. The maximum Gasteiger partial charge on any atom is 0.126 e. The largest absolute Gasteiger partial charge is 0.496 e. The number of nitrogens with zero attached hydrogens (tertiary/aromatic N) is 1. The van der Waals surface area contributed by atoms with Gasteiger partial charge in [-0.25, -0.2) is 4.98 Å². The van der Waals surface area contributed by atoms with E-state index in [-0.39, 0.29) is 12.4 Å². The summed E-state index contributed by atoms with van der Waals surface area (Å²) >= 11 is 6.13. The fraction of sp³-hybridized carbons (Fsp3) is 0.150. The van der Waals surface area contributed by atoms with Crippen LogP contribution in [0.25, 0.3) is 11.1 Å². The maximum absolute atomic E-state index is 6.13. The molecule has 0 fully saturated rings. The van der Waals surface area contributed by atoms with E-state index in [9.17, 15) is 0 Å². The number of halogens is 2. The lowest BCUT2D eigenvalue weighted by Gasteiger charge is -2.12. The second-order valence-corrected chi connectivity index (χ2v) is 5.96. The second kappa shape index (κ2) is 8.75. The molecule has 25 heavy (non-hydrogen) atoms. The van der Waals surface area contributed by atoms with Crippen LogP contribution in [0.3, 0.4) is 0 Å². The van der Waals surface area contributed by atoms with Gasteiger partial charge in [0, 0.05) is 23.8 Å². The molecular formula is C20H20Cl2N2O. The molecule has 0 spiro atoms. The van der Waals surface area contributed by atoms with Crippen molar-refractivity contribution in [3.8, 4) is 16.9 Å². The molecule has 0 aliphatic heterocycles. The lowest BCUT2D eigenvalue weighted by molar-refractivity contribution is 0.416. The summed E-state index contributed by atoms with van der Waals surface area (Å²) in [5, 5.41) is 3.74. The molecule has 2 aromatic carbocycles. The Bertz CT molecular complexity index is 835. The monoisotopic (exact) mass is 374 g/mol. The molecule has 3 rings (SSSR count). The standard InChI is InChI=1S/C20H19ClN2O.ClH/c1-22-20-9-7-15(13-23-20)10-14-6-8-19(24-2)18(11-14)16-4-3-5-17(21)12-16;/h3-9,11-13H,10H2,1-2H3,(H,22,23);1H. The molecule has 1 heterocycles. The van der Waals surface area contributed by atoms with Gasteiger partial charge in [0.15, 0.2) is 0 Å². The molecule has 0 aliphatic rings. The molecule has 3 aromatic rings. The molecule has 0 saturated heterocycles. The van der Waals surface area contributed by atoms with E-state index >= 15 is 0 Å². The minimum Gasteiger partial charge on any atom is -0.496 e. The van der Waals surface area contributed by atoms with Gasteiger partial charge in [-0.15, -0.1) is 12.4 Å². The summed E-state index contributed by atoms with van der Waals surface area (Å²) in [6, 6.07) is 18.1. The van der Waals surface area contributed by atoms with Gasteiger partial charge >= 0.3 is 0 Å². The smallest absolute Gasteiger partial charge is 0.126 e. The fourth-order valence-electron chi connectivity index (χ4n) is 2.66. The van der Waals surface area contributed by atoms with Crippen molar-refractivity contribution < 1.29 is 4.74 Å². The lowest BCUT2D eigenvalue weighted by atomic mass is 9.99. The zero-order valence-electron chi connectivity index (χ0n) is 14.1. The first kappa shape index (κ1) is 19.1. The Balaban J connectivity index is 0.00000225. The van der Waals surface area contributed by atoms with Crippen molar-refractivity contribution in [1.29, 1.82) is 0 Å². The van der Waals surface area contributed by atoms with Crippen LogP contribution in [-0.2, 0) is 6.42 Å². The van der Waals surface area contributed by atoms with Crippen LogP contribution < -0.4 is 10.1 Å². The molecule has 0 amide bonds. The van der Waals surface area contributed by atoms with Crippen LogP contribution in [0.4, 0.5) is 5.82 Å². The van der Waals surface area contributed by atoms with Crippen molar-refractivity contribution in [1.82, 2.24) is 4.98 Å². The third kappa shape index (κ3) is 4.65. The van der Waals surface area contributed by atoms with Crippen molar-refractivity contribution in [2.75, 3.05) is 19.5 Å². The van der Waals surface area contributed by atoms with Crippen molar-refractivity contribution >= 4 is 29.8 Å². The summed E-state index contributed by atoms with van der Waals surface area (Å²) in [5.74, 6) is 1.71. The van der Waals surface area contributed by atoms with E-state index in [1.54, 1.807) is 7.11 Å². The third-order valence-corrected chi connectivity index (χ3v) is 4.12. The van der Waals surface area contributed by atoms with Gasteiger partial charge in [-0.3, -0.25) is 0 Å². The highest BCUT2D eigenvalue weighted by Gasteiger charge is 2.08. The normalized spacial score (nSPS) is 10.0. The number of methoxy groups -OCH3 is 1. The number of ether oxygens (including phenoxy) is 1. The second-order valence-electron chi connectivity index (χ2n) is 5.52. The summed E-state index contributed by atoms with van der Waals surface area (Å²) in [5.41, 5.74) is 4.45. The number of hydrogen-bond donors (Lipinski definition) is 1. The number of hydrogen-bond acceptors (Lipinski definition) is 3. The predicted octanol–water partition coefficient (Wildman–Crippen LogP) is 5.46. The van der Waals surface area contributed by atoms with E-state index in [0.717, 1.165) is 34.7 Å². The van der Waals surface area contributed by atoms with Crippen molar-refractivity contribution in [2.24, 2.45) is 0 Å². The fourth-order valence-corrected chi connectivity index (χ4v) is 2.85. The molecule has 130 valence electrons. The Morgan fingerprint density at radius 1 is 1.04 bits per heavy atom. The molecule has 5 heteroatoms. The van der Waals surface area contributed by atoms with Gasteiger partial charge in [0.1, 0.15) is 11.6 Å². The molecule has 0 radical (unpaired) electrons. The highest BCUT2D eigenvalue weighted by atomic mass is 35.5. The number of benzene rings is 2. The first-order valence-corrected chi connectivity index (χ1v) is 8.13. The van der Waals surface area contributed by atoms with E-state index < -0.39 is 0 Å². The van der Waals surface area contributed by atoms with Crippen molar-refractivity contribution in [3.05, 3.63) is 76.9 Å². The van der Waals surface area contributed by atoms with E-state index in [2.05, 4.69) is 28.5 Å². The van der Waals surface area contributed by atoms with Crippen molar-refractivity contribution in [2.45, 2.75) is 6.42 Å². The van der Waals surface area contributed by atoms with Gasteiger partial charge in [-0.2, -0.15) is 0 Å². The maximum atomic E-state index is 6.13. The Morgan fingerprint density at radius 3 is 2.48 bits per heavy atom. The van der Waals surface area contributed by atoms with Crippen LogP contribution in [0.2, 0.25) is 5.02 Å². The van der Waals surface area contributed by atoms with Crippen molar-refractivity contribution in [3.63, 3.8) is 0 Å². The predicted molar refractivity (Wildman–Crippen MR) is 107 cm³/mol. The van der Waals surface area contributed by atoms with Crippen LogP contribution >= 0.6 is 24.0 Å². The Morgan fingerprint density at radius 2 is 1.84 bits per heavy atom. The number of aromatic nitrogens is 1. The molecule has 1 aromatic heterocycles. The molecule has 1 N–H and O–H groups in total. The molecule has 3 nitrogen and oxygen atoms in total. The van der Waals surface area contributed by atoms with Gasteiger partial charge in [0.2, 0.25) is 0 Å². The number of nitrogens with one attached hydrogen (secondary N) is 1. The Labute approximate surface area is 159 Å². The van der Waals surface area contributed by atoms with Crippen LogP contribution in [-0.4, -0.2) is 19.1 Å². The summed E-state index contributed by atoms with van der Waals surface area (Å²) in [7, 11) is 3.55. The van der Waals surface area contributed by atoms with Crippen LogP contribution in [0, 0.1) is 0 Å². The zero-order valence-corrected chi connectivity index (χ0v) is 15.7. The summed E-state index contributed by atoms with van der Waals surface area (Å²) in [4.78, 5) is 4.37. The summed E-state index contributed by atoms with van der Waals surface area (Å²) in [6.45, 7) is 0. The van der Waals surface area contributed by atoms with E-state index in [1.807, 2.05) is 49.6 Å². The van der Waals surface area contributed by atoms with E-state index in [4.69, 9.17) is 16.3 Å². The highest BCUT2D eigenvalue weighted by Crippen LogP contribution is 2.32. The first-order chi connectivity index (χ1) is 11.7. The number of pyridine rings is 1. The van der Waals surface area contributed by atoms with Crippen LogP contribution in [0.1, 0.15) is 11.1 Å². The number of rotatable bonds is 5. The average Bonchev–Trinajstić information content (AvgIpc) is 2.62. The van der Waals surface area contributed by atoms with Crippen LogP contribution in [0.15, 0.2) is 60.8 Å². The highest BCUT2D eigenvalue weighted by molar-refractivity contribution is 6.30. The van der Waals surface area contributed by atoms with Gasteiger partial charge in [-0.1, -0.05) is 35.9 Å². The summed E-state index contributed by atoms with van der Waals surface area (Å²) in [6.07, 6.45) is 2.71. The molecular weight excluding hydrogens is 355 g/mol. The van der Waals surface area contributed by atoms with Gasteiger partial charge < -0.3 is 10.1 Å². The minimum absolute atomic E-state index is 0. The Kier molecular flexibility index (Phi) is 6.68. The zero-order chi connectivity index (χ0) is 16.9.